The third-order valence-corrected chi connectivity index (χ3v) is 3.57. The van der Waals surface area contributed by atoms with E-state index >= 15 is 0 Å². The zero-order chi connectivity index (χ0) is 15.1. The van der Waals surface area contributed by atoms with E-state index in [0.717, 1.165) is 12.1 Å². The fourth-order valence-electron chi connectivity index (χ4n) is 2.26. The number of phenolic OH excluding ortho intramolecular Hbond substituents is 1. The molecule has 112 valence electrons. The molecule has 0 unspecified atom stereocenters. The third kappa shape index (κ3) is 2.16. The van der Waals surface area contributed by atoms with Gasteiger partial charge in [-0.1, -0.05) is 11.6 Å². The summed E-state index contributed by atoms with van der Waals surface area (Å²) in [5.41, 5.74) is -1.71. The molecule has 0 atom stereocenters. The molecule has 9 heteroatoms. The number of halogens is 2. The van der Waals surface area contributed by atoms with Gasteiger partial charge in [0.15, 0.2) is 0 Å². The van der Waals surface area contributed by atoms with Gasteiger partial charge in [0, 0.05) is 6.07 Å². The molecule has 1 N–H and O–H groups in total. The summed E-state index contributed by atoms with van der Waals surface area (Å²) < 4.78 is 22.2. The molecule has 1 aromatic carbocycles. The van der Waals surface area contributed by atoms with Gasteiger partial charge in [0.2, 0.25) is 0 Å². The Kier molecular flexibility index (Phi) is 3.34. The van der Waals surface area contributed by atoms with E-state index in [2.05, 4.69) is 0 Å². The number of fused-ring (bicyclic) bond motifs is 1. The molecule has 21 heavy (non-hydrogen) atoms. The monoisotopic (exact) mass is 315 g/mol. The lowest BCUT2D eigenvalue weighted by molar-refractivity contribution is 0.137. The van der Waals surface area contributed by atoms with Crippen molar-refractivity contribution in [2.75, 3.05) is 13.2 Å². The number of hydrogen-bond acceptors (Lipinski definition) is 4. The van der Waals surface area contributed by atoms with Crippen LogP contribution >= 0.6 is 11.6 Å². The lowest BCUT2D eigenvalue weighted by Crippen LogP contribution is -2.29. The summed E-state index contributed by atoms with van der Waals surface area (Å²) in [4.78, 5) is 24.6. The summed E-state index contributed by atoms with van der Waals surface area (Å²) in [5.74, 6) is -1.27. The fraction of sp³-hybridized carbons (Fsp3) is 0.333. The van der Waals surface area contributed by atoms with E-state index in [1.54, 1.807) is 0 Å². The van der Waals surface area contributed by atoms with Crippen LogP contribution in [0.2, 0.25) is 5.02 Å². The second kappa shape index (κ2) is 5.05. The normalized spacial score (nSPS) is 14.8. The van der Waals surface area contributed by atoms with Crippen molar-refractivity contribution in [2.45, 2.75) is 13.1 Å². The largest absolute Gasteiger partial charge is 0.506 e. The van der Waals surface area contributed by atoms with E-state index < -0.39 is 22.9 Å². The molecule has 2 heterocycles. The average Bonchev–Trinajstić information content (AvgIpc) is 2.63. The van der Waals surface area contributed by atoms with Crippen molar-refractivity contribution >= 4 is 11.6 Å². The van der Waals surface area contributed by atoms with Gasteiger partial charge in [-0.05, 0) is 6.07 Å². The van der Waals surface area contributed by atoms with Crippen LogP contribution in [-0.4, -0.2) is 32.3 Å². The van der Waals surface area contributed by atoms with Crippen LogP contribution in [0.4, 0.5) is 4.39 Å². The highest BCUT2D eigenvalue weighted by Gasteiger charge is 2.21. The number of rotatable bonds is 1. The Balaban J connectivity index is 2.28. The summed E-state index contributed by atoms with van der Waals surface area (Å²) in [6, 6.07) is 1.81. The molecule has 0 fully saturated rings. The number of nitrogens with zero attached hydrogens (tertiary/aromatic N) is 3. The van der Waals surface area contributed by atoms with Gasteiger partial charge in [-0.15, -0.1) is 0 Å². The molecule has 0 spiro atoms. The molecular formula is C12H11ClFN3O4. The highest BCUT2D eigenvalue weighted by atomic mass is 35.5. The molecule has 0 aliphatic carbocycles. The van der Waals surface area contributed by atoms with Gasteiger partial charge in [-0.2, -0.15) is 0 Å². The minimum Gasteiger partial charge on any atom is -0.506 e. The van der Waals surface area contributed by atoms with Crippen LogP contribution in [0.5, 0.6) is 5.75 Å². The molecule has 2 aromatic rings. The Bertz CT molecular complexity index is 786. The summed E-state index contributed by atoms with van der Waals surface area (Å²) in [5, 5.41) is 9.37. The van der Waals surface area contributed by atoms with E-state index in [0.29, 0.717) is 4.57 Å². The Hall–Kier alpha value is -2.06. The number of aromatic hydroxyl groups is 1. The molecule has 1 aliphatic rings. The molecule has 1 aliphatic heterocycles. The highest BCUT2D eigenvalue weighted by Crippen LogP contribution is 2.27. The summed E-state index contributed by atoms with van der Waals surface area (Å²) in [6.07, 6.45) is 0. The first kappa shape index (κ1) is 13.9. The van der Waals surface area contributed by atoms with Crippen molar-refractivity contribution in [3.05, 3.63) is 43.9 Å². The molecule has 0 amide bonds. The lowest BCUT2D eigenvalue weighted by Gasteiger charge is -2.04. The Labute approximate surface area is 122 Å². The summed E-state index contributed by atoms with van der Waals surface area (Å²) in [6.45, 7) is 0.972. The highest BCUT2D eigenvalue weighted by molar-refractivity contribution is 6.32. The van der Waals surface area contributed by atoms with Gasteiger partial charge >= 0.3 is 11.4 Å². The predicted molar refractivity (Wildman–Crippen MR) is 71.7 cm³/mol. The van der Waals surface area contributed by atoms with Crippen LogP contribution in [0.3, 0.4) is 0 Å². The van der Waals surface area contributed by atoms with Gasteiger partial charge in [-0.25, -0.2) is 27.9 Å². The van der Waals surface area contributed by atoms with E-state index in [-0.39, 0.29) is 37.0 Å². The smallest absolute Gasteiger partial charge is 0.351 e. The van der Waals surface area contributed by atoms with Gasteiger partial charge < -0.3 is 9.84 Å². The molecule has 3 rings (SSSR count). The topological polar surface area (TPSA) is 78.4 Å². The van der Waals surface area contributed by atoms with Crippen LogP contribution in [0.1, 0.15) is 0 Å². The maximum Gasteiger partial charge on any atom is 0.351 e. The second-order valence-electron chi connectivity index (χ2n) is 4.51. The average molecular weight is 316 g/mol. The van der Waals surface area contributed by atoms with Crippen LogP contribution in [0, 0.1) is 5.82 Å². The number of hydrogen-bond donors (Lipinski definition) is 1. The molecule has 0 bridgehead atoms. The lowest BCUT2D eigenvalue weighted by atomic mass is 10.3. The van der Waals surface area contributed by atoms with Gasteiger partial charge in [0.05, 0.1) is 37.0 Å². The fourth-order valence-corrected chi connectivity index (χ4v) is 2.41. The Morgan fingerprint density at radius 1 is 1.14 bits per heavy atom. The predicted octanol–water partition coefficient (Wildman–Crippen LogP) is 0.329. The first-order valence-corrected chi connectivity index (χ1v) is 6.57. The van der Waals surface area contributed by atoms with E-state index in [1.165, 1.54) is 9.36 Å². The number of ether oxygens (including phenoxy) is 1. The van der Waals surface area contributed by atoms with E-state index in [4.69, 9.17) is 16.3 Å². The zero-order valence-corrected chi connectivity index (χ0v) is 11.5. The number of phenols is 1. The minimum atomic E-state index is -0.866. The summed E-state index contributed by atoms with van der Waals surface area (Å²) >= 11 is 5.59. The molecule has 0 radical (unpaired) electrons. The van der Waals surface area contributed by atoms with E-state index in [1.807, 2.05) is 0 Å². The molecule has 0 saturated heterocycles. The van der Waals surface area contributed by atoms with Crippen molar-refractivity contribution in [2.24, 2.45) is 0 Å². The maximum absolute atomic E-state index is 14.0. The third-order valence-electron chi connectivity index (χ3n) is 3.27. The molecule has 7 nitrogen and oxygen atoms in total. The SMILES string of the molecule is O=c1n(-c2cc(O)c(Cl)cc2F)c(=O)n2n1CCOCC2. The number of aromatic nitrogens is 3. The Morgan fingerprint density at radius 3 is 2.29 bits per heavy atom. The minimum absolute atomic E-state index is 0.196. The van der Waals surface area contributed by atoms with Crippen molar-refractivity contribution in [1.82, 2.24) is 13.9 Å². The van der Waals surface area contributed by atoms with Crippen LogP contribution in [-0.2, 0) is 17.8 Å². The zero-order valence-electron chi connectivity index (χ0n) is 10.8. The van der Waals surface area contributed by atoms with Crippen LogP contribution < -0.4 is 11.4 Å². The quantitative estimate of drug-likeness (QED) is 0.822. The number of benzene rings is 1. The second-order valence-corrected chi connectivity index (χ2v) is 4.92. The first-order chi connectivity index (χ1) is 10.0. The van der Waals surface area contributed by atoms with Gasteiger partial charge in [0.1, 0.15) is 11.6 Å². The first-order valence-electron chi connectivity index (χ1n) is 6.19. The van der Waals surface area contributed by atoms with Crippen molar-refractivity contribution < 1.29 is 14.2 Å². The van der Waals surface area contributed by atoms with Gasteiger partial charge in [-0.3, -0.25) is 0 Å². The Morgan fingerprint density at radius 2 is 1.71 bits per heavy atom. The molecule has 0 saturated carbocycles. The van der Waals surface area contributed by atoms with Gasteiger partial charge in [0.25, 0.3) is 0 Å². The molecular weight excluding hydrogens is 305 g/mol. The maximum atomic E-state index is 14.0. The van der Waals surface area contributed by atoms with Crippen LogP contribution in [0.25, 0.3) is 5.69 Å². The molecule has 1 aromatic heterocycles. The van der Waals surface area contributed by atoms with Crippen molar-refractivity contribution in [3.63, 3.8) is 0 Å². The van der Waals surface area contributed by atoms with Crippen molar-refractivity contribution in [1.29, 1.82) is 0 Å². The van der Waals surface area contributed by atoms with Crippen LogP contribution in [0.15, 0.2) is 21.7 Å². The van der Waals surface area contributed by atoms with Crippen molar-refractivity contribution in [3.8, 4) is 11.4 Å². The standard InChI is InChI=1S/C12H11ClFN3O4/c13-7-5-8(14)9(6-10(7)18)17-11(19)15-1-3-21-4-2-16(15)12(17)20/h5-6,18H,1-4H2. The van der Waals surface area contributed by atoms with E-state index in [9.17, 15) is 19.1 Å². The summed E-state index contributed by atoms with van der Waals surface area (Å²) in [7, 11) is 0.